The molecule has 0 amide bonds. The van der Waals surface area contributed by atoms with Crippen molar-refractivity contribution in [1.29, 1.82) is 0 Å². The lowest BCUT2D eigenvalue weighted by molar-refractivity contribution is -0.141. The molecule has 0 N–H and O–H groups in total. The summed E-state index contributed by atoms with van der Waals surface area (Å²) >= 11 is 5.80. The second kappa shape index (κ2) is 4.55. The fourth-order valence-corrected chi connectivity index (χ4v) is 1.55. The van der Waals surface area contributed by atoms with Crippen LogP contribution < -0.4 is 0 Å². The van der Waals surface area contributed by atoms with Gasteiger partial charge in [-0.05, 0) is 18.2 Å². The van der Waals surface area contributed by atoms with Gasteiger partial charge in [-0.1, -0.05) is 11.6 Å². The molecule has 1 unspecified atom stereocenters. The largest absolute Gasteiger partial charge is 0.466 e. The molecule has 6 heteroatoms. The van der Waals surface area contributed by atoms with Crippen molar-refractivity contribution in [1.82, 2.24) is 0 Å². The molecule has 0 saturated heterocycles. The standard InChI is InChI=1S/C11H8ClNO4/c1-16-10(14)5-8-11(15)17-9-3-2-6(12)4-7(9)13-8/h2-5,9H,1H3/b8-5-. The molecule has 0 aromatic rings. The van der Waals surface area contributed by atoms with Gasteiger partial charge in [0.25, 0.3) is 0 Å². The number of hydrogen-bond donors (Lipinski definition) is 0. The van der Waals surface area contributed by atoms with Crippen LogP contribution in [0.25, 0.3) is 0 Å². The quantitative estimate of drug-likeness (QED) is 0.519. The van der Waals surface area contributed by atoms with Crippen molar-refractivity contribution >= 4 is 29.3 Å². The van der Waals surface area contributed by atoms with Crippen molar-refractivity contribution in [3.63, 3.8) is 0 Å². The first kappa shape index (κ1) is 11.6. The van der Waals surface area contributed by atoms with Crippen LogP contribution in [-0.4, -0.2) is 30.9 Å². The molecule has 1 aliphatic carbocycles. The van der Waals surface area contributed by atoms with E-state index in [2.05, 4.69) is 9.73 Å². The van der Waals surface area contributed by atoms with Crippen molar-refractivity contribution in [3.8, 4) is 0 Å². The molecule has 88 valence electrons. The van der Waals surface area contributed by atoms with E-state index in [1.54, 1.807) is 18.2 Å². The van der Waals surface area contributed by atoms with E-state index >= 15 is 0 Å². The van der Waals surface area contributed by atoms with Crippen LogP contribution in [0.3, 0.4) is 0 Å². The van der Waals surface area contributed by atoms with E-state index in [-0.39, 0.29) is 5.70 Å². The lowest BCUT2D eigenvalue weighted by Crippen LogP contribution is -2.31. The van der Waals surface area contributed by atoms with E-state index in [9.17, 15) is 9.59 Å². The molecule has 0 fully saturated rings. The van der Waals surface area contributed by atoms with E-state index in [0.717, 1.165) is 6.08 Å². The Hall–Kier alpha value is -1.88. The van der Waals surface area contributed by atoms with Crippen molar-refractivity contribution in [3.05, 3.63) is 35.0 Å². The molecule has 1 heterocycles. The summed E-state index contributed by atoms with van der Waals surface area (Å²) in [5, 5.41) is 0.482. The molecule has 0 radical (unpaired) electrons. The molecule has 2 rings (SSSR count). The number of ether oxygens (including phenoxy) is 2. The Balaban J connectivity index is 2.35. The molecule has 17 heavy (non-hydrogen) atoms. The monoisotopic (exact) mass is 253 g/mol. The topological polar surface area (TPSA) is 65.0 Å². The summed E-state index contributed by atoms with van der Waals surface area (Å²) < 4.78 is 9.47. The number of allylic oxidation sites excluding steroid dienone is 2. The van der Waals surface area contributed by atoms with E-state index in [4.69, 9.17) is 16.3 Å². The van der Waals surface area contributed by atoms with Gasteiger partial charge in [0.05, 0.1) is 18.9 Å². The van der Waals surface area contributed by atoms with Crippen LogP contribution >= 0.6 is 11.6 Å². The molecule has 0 aromatic heterocycles. The van der Waals surface area contributed by atoms with Crippen LogP contribution in [0.2, 0.25) is 0 Å². The summed E-state index contributed by atoms with van der Waals surface area (Å²) in [5.41, 5.74) is 0.381. The highest BCUT2D eigenvalue weighted by Gasteiger charge is 2.28. The number of carbonyl (C=O) groups excluding carboxylic acids is 2. The summed E-state index contributed by atoms with van der Waals surface area (Å²) in [7, 11) is 1.21. The Kier molecular flexibility index (Phi) is 3.10. The Labute approximate surface area is 102 Å². The number of nitrogens with zero attached hydrogens (tertiary/aromatic N) is 1. The molecule has 0 aromatic carbocycles. The average molecular weight is 254 g/mol. The normalized spacial score (nSPS) is 24.7. The van der Waals surface area contributed by atoms with Gasteiger partial charge in [0.15, 0.2) is 11.8 Å². The van der Waals surface area contributed by atoms with E-state index in [1.165, 1.54) is 7.11 Å². The minimum Gasteiger partial charge on any atom is -0.466 e. The summed E-state index contributed by atoms with van der Waals surface area (Å²) in [6.07, 6.45) is 5.25. The number of halogens is 1. The second-order valence-electron chi connectivity index (χ2n) is 3.30. The molecular formula is C11H8ClNO4. The van der Waals surface area contributed by atoms with Gasteiger partial charge >= 0.3 is 11.9 Å². The maximum Gasteiger partial charge on any atom is 0.358 e. The maximum absolute atomic E-state index is 11.5. The maximum atomic E-state index is 11.5. The third-order valence-electron chi connectivity index (χ3n) is 2.16. The minimum absolute atomic E-state index is 0.0980. The van der Waals surface area contributed by atoms with E-state index < -0.39 is 18.0 Å². The lowest BCUT2D eigenvalue weighted by Gasteiger charge is -2.22. The fraction of sp³-hybridized carbons (Fsp3) is 0.182. The third kappa shape index (κ3) is 2.45. The summed E-state index contributed by atoms with van der Waals surface area (Å²) in [6, 6.07) is 0. The fourth-order valence-electron chi connectivity index (χ4n) is 1.37. The van der Waals surface area contributed by atoms with Crippen molar-refractivity contribution < 1.29 is 19.1 Å². The zero-order valence-corrected chi connectivity index (χ0v) is 9.60. The summed E-state index contributed by atoms with van der Waals surface area (Å²) in [5.74, 6) is -1.33. The molecule has 2 aliphatic rings. The first-order valence-electron chi connectivity index (χ1n) is 4.75. The van der Waals surface area contributed by atoms with Crippen LogP contribution in [0.1, 0.15) is 0 Å². The highest BCUT2D eigenvalue weighted by molar-refractivity contribution is 6.34. The average Bonchev–Trinajstić information content (AvgIpc) is 2.30. The lowest BCUT2D eigenvalue weighted by atomic mass is 10.1. The molecule has 1 atom stereocenters. The van der Waals surface area contributed by atoms with Gasteiger partial charge in [-0.15, -0.1) is 0 Å². The van der Waals surface area contributed by atoms with Gasteiger partial charge < -0.3 is 9.47 Å². The molecular weight excluding hydrogens is 246 g/mol. The summed E-state index contributed by atoms with van der Waals surface area (Å²) in [4.78, 5) is 26.5. The van der Waals surface area contributed by atoms with Crippen molar-refractivity contribution in [2.75, 3.05) is 7.11 Å². The minimum atomic E-state index is -0.666. The number of rotatable bonds is 1. The van der Waals surface area contributed by atoms with Gasteiger partial charge in [-0.25, -0.2) is 14.6 Å². The van der Waals surface area contributed by atoms with Crippen molar-refractivity contribution in [2.24, 2.45) is 4.99 Å². The van der Waals surface area contributed by atoms with Gasteiger partial charge in [-0.3, -0.25) is 0 Å². The van der Waals surface area contributed by atoms with Crippen LogP contribution in [0.5, 0.6) is 0 Å². The molecule has 1 aliphatic heterocycles. The van der Waals surface area contributed by atoms with Gasteiger partial charge in [0.1, 0.15) is 0 Å². The van der Waals surface area contributed by atoms with Gasteiger partial charge in [-0.2, -0.15) is 0 Å². The van der Waals surface area contributed by atoms with Crippen molar-refractivity contribution in [2.45, 2.75) is 6.10 Å². The zero-order chi connectivity index (χ0) is 12.4. The highest BCUT2D eigenvalue weighted by atomic mass is 35.5. The predicted molar refractivity (Wildman–Crippen MR) is 60.5 cm³/mol. The first-order chi connectivity index (χ1) is 8.10. The summed E-state index contributed by atoms with van der Waals surface area (Å²) in [6.45, 7) is 0. The van der Waals surface area contributed by atoms with Crippen LogP contribution in [-0.2, 0) is 19.1 Å². The molecule has 0 bridgehead atoms. The van der Waals surface area contributed by atoms with Crippen LogP contribution in [0.4, 0.5) is 0 Å². The van der Waals surface area contributed by atoms with Crippen LogP contribution in [0.15, 0.2) is 40.0 Å². The SMILES string of the molecule is COC(=O)/C=C1\N=C2C=C(Cl)C=CC2OC1=O. The number of fused-ring (bicyclic) bond motifs is 1. The van der Waals surface area contributed by atoms with E-state index in [1.807, 2.05) is 0 Å². The van der Waals surface area contributed by atoms with Crippen LogP contribution in [0, 0.1) is 0 Å². The molecule has 0 spiro atoms. The number of hydrogen-bond acceptors (Lipinski definition) is 5. The Morgan fingerprint density at radius 2 is 2.41 bits per heavy atom. The van der Waals surface area contributed by atoms with E-state index in [0.29, 0.717) is 10.7 Å². The Morgan fingerprint density at radius 3 is 3.12 bits per heavy atom. The number of aliphatic imine (C=N–C) groups is 1. The Bertz CT molecular complexity index is 502. The smallest absolute Gasteiger partial charge is 0.358 e. The van der Waals surface area contributed by atoms with Gasteiger partial charge in [0.2, 0.25) is 0 Å². The third-order valence-corrected chi connectivity index (χ3v) is 2.39. The van der Waals surface area contributed by atoms with Gasteiger partial charge in [0, 0.05) is 5.03 Å². The molecule has 0 saturated carbocycles. The molecule has 5 nitrogen and oxygen atoms in total. The number of methoxy groups -OCH3 is 1. The zero-order valence-electron chi connectivity index (χ0n) is 8.84. The predicted octanol–water partition coefficient (Wildman–Crippen LogP) is 1.10. The number of esters is 2. The Morgan fingerprint density at radius 1 is 1.65 bits per heavy atom. The second-order valence-corrected chi connectivity index (χ2v) is 3.74. The highest BCUT2D eigenvalue weighted by Crippen LogP contribution is 2.21. The number of carbonyl (C=O) groups is 2. The first-order valence-corrected chi connectivity index (χ1v) is 5.12.